The number of thioether (sulfide) groups is 1. The quantitative estimate of drug-likeness (QED) is 0.570. The Balaban J connectivity index is 1.85. The molecule has 1 N–H and O–H groups in total. The molecule has 3 rings (SSSR count). The van der Waals surface area contributed by atoms with E-state index < -0.39 is 5.97 Å². The molecule has 0 bridgehead atoms. The third-order valence-electron chi connectivity index (χ3n) is 4.55. The first-order chi connectivity index (χ1) is 13.3. The van der Waals surface area contributed by atoms with Crippen molar-refractivity contribution in [3.63, 3.8) is 0 Å². The molecule has 1 aromatic heterocycles. The van der Waals surface area contributed by atoms with Crippen LogP contribution in [0.25, 0.3) is 11.8 Å². The summed E-state index contributed by atoms with van der Waals surface area (Å²) >= 11 is 6.55. The molecule has 1 saturated heterocycles. The Kier molecular flexibility index (Phi) is 6.00. The molecule has 2 heterocycles. The van der Waals surface area contributed by atoms with Gasteiger partial charge in [-0.3, -0.25) is 14.5 Å². The molecular weight excluding hydrogens is 394 g/mol. The van der Waals surface area contributed by atoms with Crippen molar-refractivity contribution in [3.8, 4) is 5.69 Å². The number of carbonyl (C=O) groups is 2. The Labute approximate surface area is 173 Å². The van der Waals surface area contributed by atoms with Crippen molar-refractivity contribution in [1.29, 1.82) is 0 Å². The van der Waals surface area contributed by atoms with E-state index in [1.807, 2.05) is 55.8 Å². The molecule has 28 heavy (non-hydrogen) atoms. The van der Waals surface area contributed by atoms with Crippen molar-refractivity contribution in [2.45, 2.75) is 33.6 Å². The first-order valence-electron chi connectivity index (χ1n) is 8.88. The van der Waals surface area contributed by atoms with Gasteiger partial charge in [-0.2, -0.15) is 5.10 Å². The standard InChI is InChI=1S/C20H21N3O3S2/c1-12-6-8-15(9-7-12)23-14(3)16(13(2)21-23)11-17-19(26)22(20(27)28-17)10-4-5-18(24)25/h6-9,11H,4-5,10H2,1-3H3,(H,24,25)/b17-11-. The number of amides is 1. The van der Waals surface area contributed by atoms with Gasteiger partial charge in [-0.25, -0.2) is 4.68 Å². The molecule has 1 fully saturated rings. The fourth-order valence-electron chi connectivity index (χ4n) is 3.01. The molecule has 1 aromatic carbocycles. The molecule has 0 aliphatic carbocycles. The number of carboxylic acids is 1. The molecular formula is C20H21N3O3S2. The number of carbonyl (C=O) groups excluding carboxylic acids is 1. The Morgan fingerprint density at radius 2 is 1.93 bits per heavy atom. The monoisotopic (exact) mass is 415 g/mol. The van der Waals surface area contributed by atoms with Crippen LogP contribution in [0.2, 0.25) is 0 Å². The second kappa shape index (κ2) is 8.28. The zero-order valence-corrected chi connectivity index (χ0v) is 17.6. The Morgan fingerprint density at radius 1 is 1.25 bits per heavy atom. The zero-order valence-electron chi connectivity index (χ0n) is 15.9. The van der Waals surface area contributed by atoms with Gasteiger partial charge in [0.25, 0.3) is 5.91 Å². The number of aryl methyl sites for hydroxylation is 2. The van der Waals surface area contributed by atoms with E-state index in [1.165, 1.54) is 22.2 Å². The fourth-order valence-corrected chi connectivity index (χ4v) is 4.30. The SMILES string of the molecule is Cc1ccc(-n2nc(C)c(/C=C3\SC(=S)N(CCCC(=O)O)C3=O)c2C)cc1. The van der Waals surface area contributed by atoms with Crippen molar-refractivity contribution in [3.05, 3.63) is 51.7 Å². The van der Waals surface area contributed by atoms with Crippen LogP contribution in [-0.4, -0.2) is 42.5 Å². The summed E-state index contributed by atoms with van der Waals surface area (Å²) < 4.78 is 2.33. The van der Waals surface area contributed by atoms with E-state index in [9.17, 15) is 9.59 Å². The van der Waals surface area contributed by atoms with Crippen LogP contribution in [0.15, 0.2) is 29.2 Å². The molecule has 0 saturated carbocycles. The zero-order chi connectivity index (χ0) is 20.4. The van der Waals surface area contributed by atoms with Gasteiger partial charge >= 0.3 is 5.97 Å². The van der Waals surface area contributed by atoms with E-state index in [4.69, 9.17) is 17.3 Å². The fraction of sp³-hybridized carbons (Fsp3) is 0.300. The summed E-state index contributed by atoms with van der Waals surface area (Å²) in [5, 5.41) is 13.4. The molecule has 1 aliphatic rings. The number of hydrogen-bond acceptors (Lipinski definition) is 5. The average Bonchev–Trinajstić information content (AvgIpc) is 3.07. The summed E-state index contributed by atoms with van der Waals surface area (Å²) in [6.07, 6.45) is 2.22. The van der Waals surface area contributed by atoms with E-state index in [2.05, 4.69) is 5.10 Å². The highest BCUT2D eigenvalue weighted by atomic mass is 32.2. The smallest absolute Gasteiger partial charge is 0.303 e. The Bertz CT molecular complexity index is 977. The van der Waals surface area contributed by atoms with Crippen LogP contribution in [0.1, 0.15) is 35.4 Å². The third-order valence-corrected chi connectivity index (χ3v) is 5.92. The summed E-state index contributed by atoms with van der Waals surface area (Å²) in [5.74, 6) is -1.06. The van der Waals surface area contributed by atoms with E-state index in [-0.39, 0.29) is 12.3 Å². The molecule has 2 aromatic rings. The highest BCUT2D eigenvalue weighted by Crippen LogP contribution is 2.34. The summed E-state index contributed by atoms with van der Waals surface area (Å²) in [7, 11) is 0. The lowest BCUT2D eigenvalue weighted by molar-refractivity contribution is -0.137. The van der Waals surface area contributed by atoms with Crippen molar-refractivity contribution in [2.75, 3.05) is 6.54 Å². The topological polar surface area (TPSA) is 75.4 Å². The molecule has 0 unspecified atom stereocenters. The first-order valence-corrected chi connectivity index (χ1v) is 10.1. The summed E-state index contributed by atoms with van der Waals surface area (Å²) in [4.78, 5) is 25.4. The van der Waals surface area contributed by atoms with Gasteiger partial charge in [0.05, 0.1) is 16.3 Å². The third kappa shape index (κ3) is 4.18. The minimum absolute atomic E-state index is 0.0116. The second-order valence-corrected chi connectivity index (χ2v) is 8.34. The Hall–Kier alpha value is -2.45. The lowest BCUT2D eigenvalue weighted by Gasteiger charge is -2.13. The van der Waals surface area contributed by atoms with Crippen LogP contribution in [0.3, 0.4) is 0 Å². The van der Waals surface area contributed by atoms with Gasteiger partial charge in [-0.1, -0.05) is 41.7 Å². The van der Waals surface area contributed by atoms with Crippen LogP contribution in [0.5, 0.6) is 0 Å². The van der Waals surface area contributed by atoms with Gasteiger partial charge in [0.15, 0.2) is 0 Å². The molecule has 146 valence electrons. The minimum Gasteiger partial charge on any atom is -0.481 e. The molecule has 0 atom stereocenters. The van der Waals surface area contributed by atoms with Crippen molar-refractivity contribution in [2.24, 2.45) is 0 Å². The van der Waals surface area contributed by atoms with Gasteiger partial charge in [0, 0.05) is 24.2 Å². The maximum Gasteiger partial charge on any atom is 0.303 e. The van der Waals surface area contributed by atoms with Crippen LogP contribution in [0.4, 0.5) is 0 Å². The predicted octanol–water partition coefficient (Wildman–Crippen LogP) is 3.86. The van der Waals surface area contributed by atoms with Gasteiger partial charge in [-0.15, -0.1) is 0 Å². The molecule has 0 spiro atoms. The lowest BCUT2D eigenvalue weighted by atomic mass is 10.1. The van der Waals surface area contributed by atoms with Crippen LogP contribution in [-0.2, 0) is 9.59 Å². The number of nitrogens with zero attached hydrogens (tertiary/aromatic N) is 3. The Morgan fingerprint density at radius 3 is 2.57 bits per heavy atom. The van der Waals surface area contributed by atoms with E-state index in [1.54, 1.807) is 0 Å². The molecule has 8 heteroatoms. The highest BCUT2D eigenvalue weighted by Gasteiger charge is 2.32. The normalized spacial score (nSPS) is 15.7. The van der Waals surface area contributed by atoms with Gasteiger partial charge in [-0.05, 0) is 45.4 Å². The summed E-state index contributed by atoms with van der Waals surface area (Å²) in [6.45, 7) is 6.24. The van der Waals surface area contributed by atoms with Crippen molar-refractivity contribution >= 4 is 46.3 Å². The maximum atomic E-state index is 12.7. The second-order valence-electron chi connectivity index (χ2n) is 6.66. The molecule has 1 aliphatic heterocycles. The number of benzene rings is 1. The van der Waals surface area contributed by atoms with Gasteiger partial charge in [0.2, 0.25) is 0 Å². The molecule has 0 radical (unpaired) electrons. The minimum atomic E-state index is -0.879. The number of carboxylic acid groups (broad SMARTS) is 1. The van der Waals surface area contributed by atoms with E-state index >= 15 is 0 Å². The van der Waals surface area contributed by atoms with Crippen LogP contribution in [0, 0.1) is 20.8 Å². The van der Waals surface area contributed by atoms with E-state index in [0.717, 1.165) is 22.6 Å². The summed E-state index contributed by atoms with van der Waals surface area (Å²) in [5.41, 5.74) is 4.81. The number of thiocarbonyl (C=S) groups is 1. The lowest BCUT2D eigenvalue weighted by Crippen LogP contribution is -2.29. The van der Waals surface area contributed by atoms with Crippen molar-refractivity contribution in [1.82, 2.24) is 14.7 Å². The van der Waals surface area contributed by atoms with E-state index in [0.29, 0.717) is 22.2 Å². The number of aliphatic carboxylic acids is 1. The largest absolute Gasteiger partial charge is 0.481 e. The van der Waals surface area contributed by atoms with Crippen molar-refractivity contribution < 1.29 is 14.7 Å². The van der Waals surface area contributed by atoms with Crippen LogP contribution < -0.4 is 0 Å². The van der Waals surface area contributed by atoms with Gasteiger partial charge in [0.1, 0.15) is 4.32 Å². The maximum absolute atomic E-state index is 12.7. The number of aromatic nitrogens is 2. The number of rotatable bonds is 6. The van der Waals surface area contributed by atoms with Gasteiger partial charge < -0.3 is 5.11 Å². The predicted molar refractivity (Wildman–Crippen MR) is 115 cm³/mol. The summed E-state index contributed by atoms with van der Waals surface area (Å²) in [6, 6.07) is 8.10. The molecule has 1 amide bonds. The molecule has 6 nitrogen and oxygen atoms in total. The number of hydrogen-bond donors (Lipinski definition) is 1. The highest BCUT2D eigenvalue weighted by molar-refractivity contribution is 8.26. The van der Waals surface area contributed by atoms with Crippen LogP contribution >= 0.6 is 24.0 Å². The average molecular weight is 416 g/mol. The first kappa shape index (κ1) is 20.3.